The third-order valence-corrected chi connectivity index (χ3v) is 2.97. The highest BCUT2D eigenvalue weighted by Gasteiger charge is 2.02. The predicted octanol–water partition coefficient (Wildman–Crippen LogP) is 2.54. The van der Waals surface area contributed by atoms with Crippen LogP contribution in [0.1, 0.15) is 16.7 Å². The molecule has 0 fully saturated rings. The maximum atomic E-state index is 11.6. The molecule has 0 radical (unpaired) electrons. The molecule has 0 aliphatic heterocycles. The van der Waals surface area contributed by atoms with E-state index in [-0.39, 0.29) is 18.3 Å². The first-order valence-corrected chi connectivity index (χ1v) is 6.85. The van der Waals surface area contributed by atoms with E-state index in [9.17, 15) is 9.90 Å². The zero-order chi connectivity index (χ0) is 15.9. The Kier molecular flexibility index (Phi) is 5.14. The molecule has 2 rings (SSSR count). The summed E-state index contributed by atoms with van der Waals surface area (Å²) < 4.78 is 5.33. The van der Waals surface area contributed by atoms with Gasteiger partial charge in [0.15, 0.2) is 6.61 Å². The molecule has 0 aliphatic carbocycles. The number of hydrazone groups is 1. The number of benzene rings is 2. The normalized spacial score (nSPS) is 10.6. The molecule has 0 aliphatic rings. The van der Waals surface area contributed by atoms with Gasteiger partial charge in [0.1, 0.15) is 11.5 Å². The van der Waals surface area contributed by atoms with E-state index in [2.05, 4.69) is 10.5 Å². The number of aromatic hydroxyl groups is 1. The summed E-state index contributed by atoms with van der Waals surface area (Å²) in [6.07, 6.45) is 1.39. The van der Waals surface area contributed by atoms with Crippen molar-refractivity contribution < 1.29 is 14.6 Å². The third-order valence-electron chi connectivity index (χ3n) is 2.97. The molecule has 0 bridgehead atoms. The summed E-state index contributed by atoms with van der Waals surface area (Å²) in [5.41, 5.74) is 4.96. The minimum atomic E-state index is -0.372. The van der Waals surface area contributed by atoms with Crippen LogP contribution in [0.2, 0.25) is 0 Å². The van der Waals surface area contributed by atoms with Gasteiger partial charge in [-0.2, -0.15) is 5.10 Å². The lowest BCUT2D eigenvalue weighted by Crippen LogP contribution is -2.24. The predicted molar refractivity (Wildman–Crippen MR) is 85.3 cm³/mol. The van der Waals surface area contributed by atoms with Crippen LogP contribution in [-0.4, -0.2) is 23.8 Å². The van der Waals surface area contributed by atoms with E-state index in [1.807, 2.05) is 32.0 Å². The first-order chi connectivity index (χ1) is 10.5. The molecule has 0 unspecified atom stereocenters. The van der Waals surface area contributed by atoms with E-state index >= 15 is 0 Å². The average Bonchev–Trinajstić information content (AvgIpc) is 2.49. The van der Waals surface area contributed by atoms with Crippen LogP contribution in [0.25, 0.3) is 0 Å². The van der Waals surface area contributed by atoms with Crippen molar-refractivity contribution in [2.45, 2.75) is 13.8 Å². The maximum absolute atomic E-state index is 11.6. The number of carbonyl (C=O) groups excluding carboxylic acids is 1. The number of rotatable bonds is 5. The van der Waals surface area contributed by atoms with Gasteiger partial charge in [-0.1, -0.05) is 23.8 Å². The van der Waals surface area contributed by atoms with Gasteiger partial charge in [0.2, 0.25) is 0 Å². The van der Waals surface area contributed by atoms with Crippen LogP contribution in [0.4, 0.5) is 0 Å². The number of ether oxygens (including phenoxy) is 1. The first kappa shape index (κ1) is 15.6. The van der Waals surface area contributed by atoms with Crippen LogP contribution in [-0.2, 0) is 4.79 Å². The van der Waals surface area contributed by atoms with E-state index in [1.54, 1.807) is 24.3 Å². The van der Waals surface area contributed by atoms with Crippen molar-refractivity contribution in [2.75, 3.05) is 6.61 Å². The summed E-state index contributed by atoms with van der Waals surface area (Å²) in [6, 6.07) is 12.6. The fourth-order valence-corrected chi connectivity index (χ4v) is 1.75. The van der Waals surface area contributed by atoms with Crippen molar-refractivity contribution >= 4 is 12.1 Å². The number of hydrogen-bond donors (Lipinski definition) is 2. The molecule has 2 N–H and O–H groups in total. The fraction of sp³-hybridized carbons (Fsp3) is 0.176. The number of amides is 1. The van der Waals surface area contributed by atoms with Crippen LogP contribution >= 0.6 is 0 Å². The molecule has 0 atom stereocenters. The lowest BCUT2D eigenvalue weighted by atomic mass is 10.1. The van der Waals surface area contributed by atoms with E-state index in [1.165, 1.54) is 6.21 Å². The number of aryl methyl sites for hydroxylation is 2. The van der Waals surface area contributed by atoms with Crippen molar-refractivity contribution in [1.29, 1.82) is 0 Å². The molecule has 5 heteroatoms. The number of phenolic OH excluding ortho intramolecular Hbond substituents is 1. The molecule has 114 valence electrons. The number of hydrogen-bond acceptors (Lipinski definition) is 4. The first-order valence-electron chi connectivity index (χ1n) is 6.85. The average molecular weight is 298 g/mol. The molecule has 22 heavy (non-hydrogen) atoms. The molecule has 0 aromatic heterocycles. The maximum Gasteiger partial charge on any atom is 0.277 e. The second-order valence-electron chi connectivity index (χ2n) is 4.96. The molecular weight excluding hydrogens is 280 g/mol. The number of phenols is 1. The minimum Gasteiger partial charge on any atom is -0.507 e. The van der Waals surface area contributed by atoms with Crippen LogP contribution in [0.15, 0.2) is 47.6 Å². The highest BCUT2D eigenvalue weighted by Crippen LogP contribution is 2.16. The second kappa shape index (κ2) is 7.26. The van der Waals surface area contributed by atoms with Crippen molar-refractivity contribution in [2.24, 2.45) is 5.10 Å². The van der Waals surface area contributed by atoms with Gasteiger partial charge in [-0.05, 0) is 43.7 Å². The summed E-state index contributed by atoms with van der Waals surface area (Å²) in [6.45, 7) is 3.73. The lowest BCUT2D eigenvalue weighted by molar-refractivity contribution is -0.123. The zero-order valence-electron chi connectivity index (χ0n) is 12.5. The van der Waals surface area contributed by atoms with Gasteiger partial charge in [-0.25, -0.2) is 5.43 Å². The molecule has 0 spiro atoms. The summed E-state index contributed by atoms with van der Waals surface area (Å²) in [5.74, 6) is 0.373. The second-order valence-corrected chi connectivity index (χ2v) is 4.96. The SMILES string of the molecule is Cc1ccc(OCC(=O)NN=Cc2ccc(C)cc2O)cc1. The monoisotopic (exact) mass is 298 g/mol. The van der Waals surface area contributed by atoms with Gasteiger partial charge in [0, 0.05) is 5.56 Å². The largest absolute Gasteiger partial charge is 0.507 e. The standard InChI is InChI=1S/C17H18N2O3/c1-12-4-7-15(8-5-12)22-11-17(21)19-18-10-14-6-3-13(2)9-16(14)20/h3-10,20H,11H2,1-2H3,(H,19,21). The molecule has 2 aromatic rings. The van der Waals surface area contributed by atoms with Crippen LogP contribution < -0.4 is 10.2 Å². The van der Waals surface area contributed by atoms with Crippen LogP contribution in [0.5, 0.6) is 11.5 Å². The molecule has 5 nitrogen and oxygen atoms in total. The van der Waals surface area contributed by atoms with Crippen molar-refractivity contribution in [1.82, 2.24) is 5.43 Å². The topological polar surface area (TPSA) is 70.9 Å². The van der Waals surface area contributed by atoms with Gasteiger partial charge in [-0.3, -0.25) is 4.79 Å². The van der Waals surface area contributed by atoms with Crippen molar-refractivity contribution in [3.05, 3.63) is 59.2 Å². The smallest absolute Gasteiger partial charge is 0.277 e. The number of carbonyl (C=O) groups is 1. The molecular formula is C17H18N2O3. The Bertz CT molecular complexity index is 679. The Morgan fingerprint density at radius 2 is 1.86 bits per heavy atom. The minimum absolute atomic E-state index is 0.119. The lowest BCUT2D eigenvalue weighted by Gasteiger charge is -2.05. The van der Waals surface area contributed by atoms with E-state index in [4.69, 9.17) is 4.74 Å². The van der Waals surface area contributed by atoms with E-state index in [0.29, 0.717) is 11.3 Å². The van der Waals surface area contributed by atoms with E-state index in [0.717, 1.165) is 11.1 Å². The summed E-state index contributed by atoms with van der Waals surface area (Å²) >= 11 is 0. The van der Waals surface area contributed by atoms with Crippen LogP contribution in [0.3, 0.4) is 0 Å². The Morgan fingerprint density at radius 3 is 2.55 bits per heavy atom. The fourth-order valence-electron chi connectivity index (χ4n) is 1.75. The Labute approximate surface area is 129 Å². The van der Waals surface area contributed by atoms with Gasteiger partial charge >= 0.3 is 0 Å². The highest BCUT2D eigenvalue weighted by molar-refractivity contribution is 5.85. The Balaban J connectivity index is 1.82. The number of nitrogens with one attached hydrogen (secondary N) is 1. The number of nitrogens with zero attached hydrogens (tertiary/aromatic N) is 1. The zero-order valence-corrected chi connectivity index (χ0v) is 12.5. The van der Waals surface area contributed by atoms with E-state index < -0.39 is 0 Å². The van der Waals surface area contributed by atoms with Gasteiger partial charge in [0.25, 0.3) is 5.91 Å². The third kappa shape index (κ3) is 4.63. The van der Waals surface area contributed by atoms with Crippen molar-refractivity contribution in [3.8, 4) is 11.5 Å². The van der Waals surface area contributed by atoms with Crippen molar-refractivity contribution in [3.63, 3.8) is 0 Å². The molecule has 0 saturated carbocycles. The quantitative estimate of drug-likeness (QED) is 0.658. The highest BCUT2D eigenvalue weighted by atomic mass is 16.5. The summed E-state index contributed by atoms with van der Waals surface area (Å²) in [4.78, 5) is 11.6. The summed E-state index contributed by atoms with van der Waals surface area (Å²) in [7, 11) is 0. The molecule has 0 saturated heterocycles. The Morgan fingerprint density at radius 1 is 1.18 bits per heavy atom. The van der Waals surface area contributed by atoms with Gasteiger partial charge in [-0.15, -0.1) is 0 Å². The molecule has 1 amide bonds. The Hall–Kier alpha value is -2.82. The van der Waals surface area contributed by atoms with Gasteiger partial charge < -0.3 is 9.84 Å². The summed E-state index contributed by atoms with van der Waals surface area (Å²) in [5, 5.41) is 13.5. The molecule has 0 heterocycles. The van der Waals surface area contributed by atoms with Crippen LogP contribution in [0, 0.1) is 13.8 Å². The molecule has 2 aromatic carbocycles. The van der Waals surface area contributed by atoms with Gasteiger partial charge in [0.05, 0.1) is 6.21 Å².